The van der Waals surface area contributed by atoms with E-state index in [1.54, 1.807) is 11.8 Å². The van der Waals surface area contributed by atoms with Crippen molar-refractivity contribution < 1.29 is 0 Å². The summed E-state index contributed by atoms with van der Waals surface area (Å²) in [5.41, 5.74) is 6.16. The number of fused-ring (bicyclic) bond motifs is 3. The summed E-state index contributed by atoms with van der Waals surface area (Å²) < 4.78 is 3.37. The van der Waals surface area contributed by atoms with Crippen LogP contribution in [-0.4, -0.2) is 4.57 Å². The lowest BCUT2D eigenvalue weighted by Crippen LogP contribution is -1.99. The smallest absolute Gasteiger partial charge is 0.0693 e. The van der Waals surface area contributed by atoms with Gasteiger partial charge in [-0.25, -0.2) is 0 Å². The summed E-state index contributed by atoms with van der Waals surface area (Å²) in [4.78, 5) is 2.22. The van der Waals surface area contributed by atoms with Gasteiger partial charge < -0.3 is 4.57 Å². The van der Waals surface area contributed by atoms with E-state index >= 15 is 0 Å². The van der Waals surface area contributed by atoms with Gasteiger partial charge in [-0.2, -0.15) is 0 Å². The first-order valence-corrected chi connectivity index (χ1v) is 13.6. The Morgan fingerprint density at radius 1 is 0.794 bits per heavy atom. The highest BCUT2D eigenvalue weighted by atomic mass is 79.9. The molecule has 1 heterocycles. The van der Waals surface area contributed by atoms with Gasteiger partial charge in [-0.3, -0.25) is 0 Å². The zero-order chi connectivity index (χ0) is 24.0. The van der Waals surface area contributed by atoms with Crippen molar-refractivity contribution in [2.24, 2.45) is 0 Å². The van der Waals surface area contributed by atoms with Crippen LogP contribution in [0.5, 0.6) is 0 Å². The molecular weight excluding hydrogens is 522 g/mol. The first-order valence-electron chi connectivity index (χ1n) is 11.6. The van der Waals surface area contributed by atoms with Gasteiger partial charge in [-0.1, -0.05) is 91.8 Å². The second-order valence-corrected chi connectivity index (χ2v) is 11.6. The number of para-hydroxylation sites is 1. The SMILES string of the molecule is CC(C)c1ccc(-c2ccc(Sc3ccc4c5ccccc5n(C(C)C)c4c3)c(Cl)c2Br)cc1. The standard InChI is InChI=1S/C30H27BrClNS/c1-18(2)20-9-11-21(12-10-20)23-15-16-28(30(32)29(23)31)34-22-13-14-25-24-7-5-6-8-26(24)33(19(3)4)27(25)17-22/h5-19H,1-4H3. The highest BCUT2D eigenvalue weighted by molar-refractivity contribution is 9.10. The predicted octanol–water partition coefficient (Wildman–Crippen LogP) is 10.7. The van der Waals surface area contributed by atoms with Gasteiger partial charge in [0.2, 0.25) is 0 Å². The summed E-state index contributed by atoms with van der Waals surface area (Å²) in [5, 5.41) is 3.34. The molecule has 0 aliphatic heterocycles. The Kier molecular flexibility index (Phi) is 6.54. The Morgan fingerprint density at radius 2 is 1.50 bits per heavy atom. The molecule has 1 nitrogen and oxygen atoms in total. The number of nitrogens with zero attached hydrogens (tertiary/aromatic N) is 1. The van der Waals surface area contributed by atoms with Crippen molar-refractivity contribution in [2.45, 2.75) is 49.4 Å². The number of hydrogen-bond acceptors (Lipinski definition) is 1. The average Bonchev–Trinajstić information content (AvgIpc) is 3.16. The summed E-state index contributed by atoms with van der Waals surface area (Å²) in [7, 11) is 0. The molecule has 0 aliphatic rings. The zero-order valence-corrected chi connectivity index (χ0v) is 22.9. The number of halogens is 2. The van der Waals surface area contributed by atoms with Crippen molar-refractivity contribution in [3.8, 4) is 11.1 Å². The van der Waals surface area contributed by atoms with E-state index in [1.807, 2.05) is 0 Å². The quantitative estimate of drug-likeness (QED) is 0.211. The third kappa shape index (κ3) is 4.19. The number of rotatable bonds is 5. The monoisotopic (exact) mass is 547 g/mol. The van der Waals surface area contributed by atoms with Crippen molar-refractivity contribution in [3.63, 3.8) is 0 Å². The molecule has 1 aromatic heterocycles. The molecule has 172 valence electrons. The van der Waals surface area contributed by atoms with Gasteiger partial charge >= 0.3 is 0 Å². The molecule has 0 fully saturated rings. The minimum absolute atomic E-state index is 0.377. The van der Waals surface area contributed by atoms with Crippen LogP contribution in [0.2, 0.25) is 5.02 Å². The van der Waals surface area contributed by atoms with Crippen molar-refractivity contribution in [1.82, 2.24) is 4.57 Å². The summed E-state index contributed by atoms with van der Waals surface area (Å²) in [6.07, 6.45) is 0. The molecule has 0 saturated heterocycles. The lowest BCUT2D eigenvalue weighted by atomic mass is 9.99. The fourth-order valence-corrected chi connectivity index (χ4v) is 6.48. The summed E-state index contributed by atoms with van der Waals surface area (Å²) >= 11 is 12.4. The number of hydrogen-bond donors (Lipinski definition) is 0. The Hall–Kier alpha value is -2.20. The van der Waals surface area contributed by atoms with Crippen LogP contribution in [0.25, 0.3) is 32.9 Å². The van der Waals surface area contributed by atoms with Gasteiger partial charge in [0, 0.05) is 36.6 Å². The Bertz CT molecular complexity index is 1500. The van der Waals surface area contributed by atoms with Crippen LogP contribution in [0.1, 0.15) is 45.2 Å². The van der Waals surface area contributed by atoms with Gasteiger partial charge in [-0.05, 0) is 76.7 Å². The van der Waals surface area contributed by atoms with Gasteiger partial charge in [-0.15, -0.1) is 0 Å². The van der Waals surface area contributed by atoms with Crippen LogP contribution >= 0.6 is 39.3 Å². The molecule has 0 spiro atoms. The van der Waals surface area contributed by atoms with Crippen LogP contribution in [0.15, 0.2) is 93.1 Å². The van der Waals surface area contributed by atoms with Crippen molar-refractivity contribution in [1.29, 1.82) is 0 Å². The van der Waals surface area contributed by atoms with Crippen LogP contribution in [0.4, 0.5) is 0 Å². The van der Waals surface area contributed by atoms with E-state index in [2.05, 4.69) is 127 Å². The van der Waals surface area contributed by atoms with Gasteiger partial charge in [0.15, 0.2) is 0 Å². The number of benzene rings is 4. The van der Waals surface area contributed by atoms with Gasteiger partial charge in [0.05, 0.1) is 10.5 Å². The Morgan fingerprint density at radius 3 is 2.21 bits per heavy atom. The second kappa shape index (κ2) is 9.45. The molecule has 4 heteroatoms. The normalized spacial score (nSPS) is 11.9. The minimum atomic E-state index is 0.377. The lowest BCUT2D eigenvalue weighted by molar-refractivity contribution is 0.642. The van der Waals surface area contributed by atoms with Crippen LogP contribution in [0.3, 0.4) is 0 Å². The van der Waals surface area contributed by atoms with Crippen molar-refractivity contribution in [2.75, 3.05) is 0 Å². The fourth-order valence-electron chi connectivity index (χ4n) is 4.61. The molecule has 0 saturated carbocycles. The third-order valence-corrected chi connectivity index (χ3v) is 8.97. The minimum Gasteiger partial charge on any atom is -0.338 e. The molecule has 0 amide bonds. The van der Waals surface area contributed by atoms with Crippen molar-refractivity contribution in [3.05, 3.63) is 93.9 Å². The second-order valence-electron chi connectivity index (χ2n) is 9.28. The maximum Gasteiger partial charge on any atom is 0.0693 e. The van der Waals surface area contributed by atoms with Gasteiger partial charge in [0.1, 0.15) is 0 Å². The lowest BCUT2D eigenvalue weighted by Gasteiger charge is -2.14. The van der Waals surface area contributed by atoms with Crippen LogP contribution in [0, 0.1) is 0 Å². The molecule has 0 aliphatic carbocycles. The first kappa shape index (κ1) is 23.5. The summed E-state index contributed by atoms with van der Waals surface area (Å²) in [6, 6.07) is 28.8. The van der Waals surface area contributed by atoms with Crippen LogP contribution in [-0.2, 0) is 0 Å². The van der Waals surface area contributed by atoms with E-state index in [9.17, 15) is 0 Å². The predicted molar refractivity (Wildman–Crippen MR) is 153 cm³/mol. The topological polar surface area (TPSA) is 4.93 Å². The van der Waals surface area contributed by atoms with Gasteiger partial charge in [0.25, 0.3) is 0 Å². The highest BCUT2D eigenvalue weighted by Gasteiger charge is 2.16. The molecular formula is C30H27BrClNS. The van der Waals surface area contributed by atoms with E-state index in [0.717, 1.165) is 25.5 Å². The maximum absolute atomic E-state index is 6.87. The van der Waals surface area contributed by atoms with E-state index < -0.39 is 0 Å². The maximum atomic E-state index is 6.87. The molecule has 0 unspecified atom stereocenters. The number of aromatic nitrogens is 1. The molecule has 0 bridgehead atoms. The van der Waals surface area contributed by atoms with Crippen LogP contribution < -0.4 is 0 Å². The molecule has 0 radical (unpaired) electrons. The molecule has 5 rings (SSSR count). The Balaban J connectivity index is 1.52. The Labute approximate surface area is 219 Å². The first-order chi connectivity index (χ1) is 16.3. The molecule has 5 aromatic rings. The largest absolute Gasteiger partial charge is 0.338 e. The summed E-state index contributed by atoms with van der Waals surface area (Å²) in [6.45, 7) is 8.91. The molecule has 4 aromatic carbocycles. The third-order valence-electron chi connectivity index (χ3n) is 6.36. The highest BCUT2D eigenvalue weighted by Crippen LogP contribution is 2.43. The molecule has 0 atom stereocenters. The summed E-state index contributed by atoms with van der Waals surface area (Å²) in [5.74, 6) is 0.520. The molecule has 0 N–H and O–H groups in total. The fraction of sp³-hybridized carbons (Fsp3) is 0.200. The zero-order valence-electron chi connectivity index (χ0n) is 19.8. The van der Waals surface area contributed by atoms with E-state index in [-0.39, 0.29) is 0 Å². The molecule has 34 heavy (non-hydrogen) atoms. The average molecular weight is 549 g/mol. The van der Waals surface area contributed by atoms with E-state index in [0.29, 0.717) is 12.0 Å². The van der Waals surface area contributed by atoms with Crippen molar-refractivity contribution >= 4 is 61.1 Å². The van der Waals surface area contributed by atoms with E-state index in [1.165, 1.54) is 32.3 Å². The van der Waals surface area contributed by atoms with E-state index in [4.69, 9.17) is 11.6 Å².